The number of ketones is 1. The van der Waals surface area contributed by atoms with E-state index in [-0.39, 0.29) is 23.9 Å². The summed E-state index contributed by atoms with van der Waals surface area (Å²) in [6, 6.07) is 0. The summed E-state index contributed by atoms with van der Waals surface area (Å²) in [5.41, 5.74) is 1.41. The van der Waals surface area contributed by atoms with Crippen molar-refractivity contribution in [3.8, 4) is 12.3 Å². The molecule has 4 nitrogen and oxygen atoms in total. The molecule has 5 aliphatic carbocycles. The molecule has 32 heavy (non-hydrogen) atoms. The van der Waals surface area contributed by atoms with Crippen molar-refractivity contribution < 1.29 is 19.1 Å². The van der Waals surface area contributed by atoms with Crippen LogP contribution in [0, 0.1) is 59.7 Å². The van der Waals surface area contributed by atoms with Crippen LogP contribution in [0.25, 0.3) is 0 Å². The molecule has 0 aromatic carbocycles. The lowest BCUT2D eigenvalue weighted by molar-refractivity contribution is -0.150. The van der Waals surface area contributed by atoms with Gasteiger partial charge in [0.1, 0.15) is 6.61 Å². The van der Waals surface area contributed by atoms with Gasteiger partial charge in [0.05, 0.1) is 18.6 Å². The number of terminal acetylenes is 1. The third-order valence-corrected chi connectivity index (χ3v) is 9.66. The fraction of sp³-hybridized carbons (Fsp3) is 0.786. The number of esters is 1. The molecule has 0 aromatic rings. The highest BCUT2D eigenvalue weighted by atomic mass is 16.5. The van der Waals surface area contributed by atoms with Gasteiger partial charge in [-0.25, -0.2) is 0 Å². The van der Waals surface area contributed by atoms with E-state index >= 15 is 0 Å². The van der Waals surface area contributed by atoms with Gasteiger partial charge in [-0.15, -0.1) is 6.42 Å². The van der Waals surface area contributed by atoms with Crippen LogP contribution in [0.5, 0.6) is 0 Å². The van der Waals surface area contributed by atoms with Gasteiger partial charge in [-0.3, -0.25) is 9.59 Å². The van der Waals surface area contributed by atoms with Crippen molar-refractivity contribution in [2.75, 3.05) is 13.2 Å². The monoisotopic (exact) mass is 438 g/mol. The Morgan fingerprint density at radius 1 is 1.00 bits per heavy atom. The minimum Gasteiger partial charge on any atom is -0.466 e. The molecule has 0 radical (unpaired) electrons. The summed E-state index contributed by atoms with van der Waals surface area (Å²) in [4.78, 5) is 26.0. The van der Waals surface area contributed by atoms with Gasteiger partial charge in [-0.2, -0.15) is 0 Å². The van der Waals surface area contributed by atoms with E-state index < -0.39 is 0 Å². The Hall–Kier alpha value is -1.60. The first kappa shape index (κ1) is 22.2. The lowest BCUT2D eigenvalue weighted by Gasteiger charge is -2.54. The number of ether oxygens (including phenoxy) is 2. The first-order chi connectivity index (χ1) is 15.6. The van der Waals surface area contributed by atoms with E-state index in [1.165, 1.54) is 31.3 Å². The van der Waals surface area contributed by atoms with E-state index in [1.54, 1.807) is 0 Å². The molecule has 0 N–H and O–H groups in total. The number of fused-ring (bicyclic) bond motifs is 7. The molecule has 5 aliphatic rings. The fourth-order valence-electron chi connectivity index (χ4n) is 8.38. The fourth-order valence-corrected chi connectivity index (χ4v) is 8.38. The maximum atomic E-state index is 13.6. The van der Waals surface area contributed by atoms with Crippen LogP contribution in [-0.4, -0.2) is 31.1 Å². The second kappa shape index (κ2) is 9.34. The van der Waals surface area contributed by atoms with Crippen LogP contribution in [0.4, 0.5) is 0 Å². The smallest absolute Gasteiger partial charge is 0.308 e. The predicted octanol–water partition coefficient (Wildman–Crippen LogP) is 4.96. The minimum absolute atomic E-state index is 0.0118. The molecule has 0 aliphatic heterocycles. The topological polar surface area (TPSA) is 52.6 Å². The van der Waals surface area contributed by atoms with Crippen LogP contribution in [0.15, 0.2) is 11.6 Å². The maximum Gasteiger partial charge on any atom is 0.308 e. The average Bonchev–Trinajstić information content (AvgIpc) is 2.82. The Kier molecular flexibility index (Phi) is 6.48. The van der Waals surface area contributed by atoms with Gasteiger partial charge < -0.3 is 9.47 Å². The zero-order chi connectivity index (χ0) is 22.2. The molecule has 0 heterocycles. The lowest BCUT2D eigenvalue weighted by Crippen LogP contribution is -2.50. The second-order valence-corrected chi connectivity index (χ2v) is 11.0. The molecule has 0 aromatic heterocycles. The summed E-state index contributed by atoms with van der Waals surface area (Å²) >= 11 is 0. The summed E-state index contributed by atoms with van der Waals surface area (Å²) < 4.78 is 11.2. The van der Waals surface area contributed by atoms with Gasteiger partial charge >= 0.3 is 5.97 Å². The van der Waals surface area contributed by atoms with E-state index in [2.05, 4.69) is 12.0 Å². The molecule has 0 saturated heterocycles. The summed E-state index contributed by atoms with van der Waals surface area (Å²) in [6.45, 7) is 2.73. The van der Waals surface area contributed by atoms with Crippen molar-refractivity contribution in [3.63, 3.8) is 0 Å². The van der Waals surface area contributed by atoms with E-state index in [0.717, 1.165) is 38.5 Å². The Bertz CT molecular complexity index is 807. The van der Waals surface area contributed by atoms with E-state index in [1.807, 2.05) is 6.92 Å². The number of allylic oxidation sites excluding steroid dienone is 2. The number of rotatable bonds is 4. The van der Waals surface area contributed by atoms with Gasteiger partial charge in [0.15, 0.2) is 5.78 Å². The summed E-state index contributed by atoms with van der Waals surface area (Å²) in [6.07, 6.45) is 18.7. The average molecular weight is 439 g/mol. The predicted molar refractivity (Wildman–Crippen MR) is 122 cm³/mol. The first-order valence-corrected chi connectivity index (χ1v) is 13.1. The maximum absolute atomic E-state index is 13.6. The number of carbonyl (C=O) groups is 2. The highest BCUT2D eigenvalue weighted by Crippen LogP contribution is 2.58. The highest BCUT2D eigenvalue weighted by molar-refractivity contribution is 5.94. The van der Waals surface area contributed by atoms with Crippen LogP contribution < -0.4 is 0 Å². The Balaban J connectivity index is 1.33. The van der Waals surface area contributed by atoms with Crippen molar-refractivity contribution >= 4 is 11.8 Å². The van der Waals surface area contributed by atoms with E-state index in [0.29, 0.717) is 54.5 Å². The van der Waals surface area contributed by atoms with Gasteiger partial charge in [-0.1, -0.05) is 11.5 Å². The molecule has 4 saturated carbocycles. The highest BCUT2D eigenvalue weighted by Gasteiger charge is 2.53. The molecule has 4 fully saturated rings. The van der Waals surface area contributed by atoms with Crippen molar-refractivity contribution in [2.45, 2.75) is 77.2 Å². The van der Waals surface area contributed by atoms with Crippen molar-refractivity contribution in [1.82, 2.24) is 0 Å². The van der Waals surface area contributed by atoms with Crippen molar-refractivity contribution in [1.29, 1.82) is 0 Å². The van der Waals surface area contributed by atoms with Gasteiger partial charge in [0, 0.05) is 5.92 Å². The van der Waals surface area contributed by atoms with Gasteiger partial charge in [0.25, 0.3) is 0 Å². The number of hydrogen-bond acceptors (Lipinski definition) is 4. The Morgan fingerprint density at radius 2 is 1.78 bits per heavy atom. The molecule has 0 amide bonds. The number of hydrogen-bond donors (Lipinski definition) is 0. The van der Waals surface area contributed by atoms with Crippen LogP contribution >= 0.6 is 0 Å². The van der Waals surface area contributed by atoms with Gasteiger partial charge in [-0.05, 0) is 113 Å². The van der Waals surface area contributed by atoms with Gasteiger partial charge in [0.2, 0.25) is 0 Å². The Labute approximate surface area is 192 Å². The van der Waals surface area contributed by atoms with Crippen molar-refractivity contribution in [3.05, 3.63) is 11.6 Å². The minimum atomic E-state index is -0.0296. The molecular formula is C28H38O4. The third kappa shape index (κ3) is 3.96. The normalized spacial score (nSPS) is 42.9. The second-order valence-electron chi connectivity index (χ2n) is 11.0. The summed E-state index contributed by atoms with van der Waals surface area (Å²) in [5.74, 6) is 6.41. The van der Waals surface area contributed by atoms with Crippen LogP contribution in [0.1, 0.15) is 71.1 Å². The lowest BCUT2D eigenvalue weighted by atomic mass is 9.50. The summed E-state index contributed by atoms with van der Waals surface area (Å²) in [5, 5.41) is 0. The molecule has 0 bridgehead atoms. The van der Waals surface area contributed by atoms with E-state index in [4.69, 9.17) is 15.9 Å². The number of carbonyl (C=O) groups excluding carboxylic acids is 2. The Morgan fingerprint density at radius 3 is 2.59 bits per heavy atom. The molecule has 9 atom stereocenters. The zero-order valence-electron chi connectivity index (χ0n) is 19.5. The quantitative estimate of drug-likeness (QED) is 0.460. The molecular weight excluding hydrogens is 400 g/mol. The molecule has 5 rings (SSSR count). The zero-order valence-corrected chi connectivity index (χ0v) is 19.5. The standard InChI is InChI=1S/C28H38O4/c1-3-13-32-20-9-12-21-18(14-20)8-11-23-22-10-7-17-5-6-19(28(30)31-4-2)15-24(17)25(22)16-26(29)27(21)23/h1,16-24,27H,4-15H2,2H3. The molecule has 0 spiro atoms. The molecule has 9 unspecified atom stereocenters. The van der Waals surface area contributed by atoms with Crippen molar-refractivity contribution in [2.24, 2.45) is 47.3 Å². The molecule has 174 valence electrons. The van der Waals surface area contributed by atoms with E-state index in [9.17, 15) is 9.59 Å². The largest absolute Gasteiger partial charge is 0.466 e. The molecule has 4 heteroatoms. The first-order valence-electron chi connectivity index (χ1n) is 13.1. The summed E-state index contributed by atoms with van der Waals surface area (Å²) in [7, 11) is 0. The van der Waals surface area contributed by atoms with Crippen LogP contribution in [0.3, 0.4) is 0 Å². The van der Waals surface area contributed by atoms with Crippen LogP contribution in [0.2, 0.25) is 0 Å². The SMILES string of the molecule is C#CCOC1CCC2C(CCC3C4CCC5CCC(C(=O)OCC)CC5C4=CC(=O)C23)C1. The third-order valence-electron chi connectivity index (χ3n) is 9.66. The van der Waals surface area contributed by atoms with Crippen LogP contribution in [-0.2, 0) is 19.1 Å².